The second kappa shape index (κ2) is 6.52. The standard InChI is InChI=1S/C15H20N2O3/c16-12-6-5-11(9-12)14(18)17-8-7-10-3-1-2-4-13(10)15(19)20/h1-4,11-12H,5-9,16H2,(H,17,18)(H,19,20). The van der Waals surface area contributed by atoms with E-state index in [-0.39, 0.29) is 17.9 Å². The first-order valence-electron chi connectivity index (χ1n) is 6.92. The molecule has 0 aliphatic heterocycles. The van der Waals surface area contributed by atoms with E-state index in [0.717, 1.165) is 24.8 Å². The predicted octanol–water partition coefficient (Wildman–Crippen LogP) is 1.17. The Hall–Kier alpha value is -1.88. The summed E-state index contributed by atoms with van der Waals surface area (Å²) in [5.74, 6) is -0.890. The molecule has 2 atom stereocenters. The minimum Gasteiger partial charge on any atom is -0.478 e. The monoisotopic (exact) mass is 276 g/mol. The van der Waals surface area contributed by atoms with E-state index in [9.17, 15) is 9.59 Å². The minimum atomic E-state index is -0.936. The highest BCUT2D eigenvalue weighted by atomic mass is 16.4. The summed E-state index contributed by atoms with van der Waals surface area (Å²) in [6.07, 6.45) is 3.02. The van der Waals surface area contributed by atoms with E-state index in [2.05, 4.69) is 5.32 Å². The molecule has 0 bridgehead atoms. The molecule has 0 heterocycles. The third-order valence-corrected chi connectivity index (χ3v) is 3.79. The van der Waals surface area contributed by atoms with E-state index in [1.54, 1.807) is 24.3 Å². The number of aromatic carboxylic acids is 1. The van der Waals surface area contributed by atoms with Gasteiger partial charge in [-0.3, -0.25) is 4.79 Å². The van der Waals surface area contributed by atoms with Crippen LogP contribution in [0, 0.1) is 5.92 Å². The summed E-state index contributed by atoms with van der Waals surface area (Å²) in [5.41, 5.74) is 6.83. The van der Waals surface area contributed by atoms with Gasteiger partial charge >= 0.3 is 5.97 Å². The predicted molar refractivity (Wildman–Crippen MR) is 75.4 cm³/mol. The van der Waals surface area contributed by atoms with Crippen LogP contribution in [0.2, 0.25) is 0 Å². The highest BCUT2D eigenvalue weighted by Gasteiger charge is 2.27. The van der Waals surface area contributed by atoms with Crippen LogP contribution in [0.3, 0.4) is 0 Å². The first kappa shape index (κ1) is 14.5. The zero-order chi connectivity index (χ0) is 14.5. The molecule has 1 aliphatic rings. The van der Waals surface area contributed by atoms with Crippen molar-refractivity contribution < 1.29 is 14.7 Å². The van der Waals surface area contributed by atoms with Crippen molar-refractivity contribution in [2.45, 2.75) is 31.7 Å². The highest BCUT2D eigenvalue weighted by Crippen LogP contribution is 2.23. The average Bonchev–Trinajstić information content (AvgIpc) is 2.86. The zero-order valence-corrected chi connectivity index (χ0v) is 11.3. The van der Waals surface area contributed by atoms with E-state index < -0.39 is 5.97 Å². The molecule has 1 saturated carbocycles. The van der Waals surface area contributed by atoms with Gasteiger partial charge in [-0.05, 0) is 37.3 Å². The summed E-state index contributed by atoms with van der Waals surface area (Å²) in [5, 5.41) is 11.9. The third kappa shape index (κ3) is 3.57. The fourth-order valence-corrected chi connectivity index (χ4v) is 2.67. The normalized spacial score (nSPS) is 21.6. The van der Waals surface area contributed by atoms with Crippen molar-refractivity contribution in [1.29, 1.82) is 0 Å². The third-order valence-electron chi connectivity index (χ3n) is 3.79. The van der Waals surface area contributed by atoms with E-state index in [0.29, 0.717) is 18.5 Å². The summed E-state index contributed by atoms with van der Waals surface area (Å²) in [6, 6.07) is 7.00. The van der Waals surface area contributed by atoms with Gasteiger partial charge in [0.1, 0.15) is 0 Å². The number of rotatable bonds is 5. The molecule has 1 amide bonds. The smallest absolute Gasteiger partial charge is 0.335 e. The van der Waals surface area contributed by atoms with Crippen molar-refractivity contribution in [1.82, 2.24) is 5.32 Å². The molecule has 0 spiro atoms. The molecule has 2 rings (SSSR count). The van der Waals surface area contributed by atoms with Crippen LogP contribution in [0.4, 0.5) is 0 Å². The molecular formula is C15H20N2O3. The van der Waals surface area contributed by atoms with Gasteiger partial charge in [-0.25, -0.2) is 4.79 Å². The van der Waals surface area contributed by atoms with Crippen molar-refractivity contribution in [3.8, 4) is 0 Å². The van der Waals surface area contributed by atoms with E-state index >= 15 is 0 Å². The van der Waals surface area contributed by atoms with Gasteiger partial charge in [-0.15, -0.1) is 0 Å². The highest BCUT2D eigenvalue weighted by molar-refractivity contribution is 5.89. The maximum absolute atomic E-state index is 11.9. The van der Waals surface area contributed by atoms with Crippen LogP contribution in [0.5, 0.6) is 0 Å². The van der Waals surface area contributed by atoms with Crippen LogP contribution < -0.4 is 11.1 Å². The summed E-state index contributed by atoms with van der Waals surface area (Å²) in [4.78, 5) is 23.0. The second-order valence-electron chi connectivity index (χ2n) is 5.27. The Bertz CT molecular complexity index is 502. The Morgan fingerprint density at radius 2 is 2.05 bits per heavy atom. The van der Waals surface area contributed by atoms with Gasteiger partial charge in [0.25, 0.3) is 0 Å². The quantitative estimate of drug-likeness (QED) is 0.752. The fraction of sp³-hybridized carbons (Fsp3) is 0.467. The van der Waals surface area contributed by atoms with Gasteiger partial charge in [-0.1, -0.05) is 18.2 Å². The number of carboxylic acids is 1. The molecule has 0 radical (unpaired) electrons. The van der Waals surface area contributed by atoms with Gasteiger partial charge in [0.2, 0.25) is 5.91 Å². The second-order valence-corrected chi connectivity index (χ2v) is 5.27. The largest absolute Gasteiger partial charge is 0.478 e. The van der Waals surface area contributed by atoms with Gasteiger partial charge in [0.05, 0.1) is 5.56 Å². The van der Waals surface area contributed by atoms with Crippen molar-refractivity contribution in [3.63, 3.8) is 0 Å². The lowest BCUT2D eigenvalue weighted by molar-refractivity contribution is -0.124. The van der Waals surface area contributed by atoms with Crippen LogP contribution in [-0.2, 0) is 11.2 Å². The topological polar surface area (TPSA) is 92.4 Å². The summed E-state index contributed by atoms with van der Waals surface area (Å²) in [6.45, 7) is 0.453. The van der Waals surface area contributed by atoms with Crippen LogP contribution >= 0.6 is 0 Å². The number of hydrogen-bond acceptors (Lipinski definition) is 3. The van der Waals surface area contributed by atoms with Crippen LogP contribution in [0.25, 0.3) is 0 Å². The molecule has 5 nitrogen and oxygen atoms in total. The van der Waals surface area contributed by atoms with Crippen LogP contribution in [-0.4, -0.2) is 29.6 Å². The maximum Gasteiger partial charge on any atom is 0.335 e. The lowest BCUT2D eigenvalue weighted by Gasteiger charge is -2.11. The molecule has 108 valence electrons. The SMILES string of the molecule is NC1CCC(C(=O)NCCc2ccccc2C(=O)O)C1. The number of benzene rings is 1. The Balaban J connectivity index is 1.84. The Kier molecular flexibility index (Phi) is 4.74. The molecule has 1 aliphatic carbocycles. The number of carboxylic acid groups (broad SMARTS) is 1. The number of hydrogen-bond donors (Lipinski definition) is 3. The number of amides is 1. The Morgan fingerprint density at radius 3 is 2.70 bits per heavy atom. The summed E-state index contributed by atoms with van der Waals surface area (Å²) < 4.78 is 0. The van der Waals surface area contributed by atoms with Gasteiger partial charge < -0.3 is 16.2 Å². The molecule has 0 saturated heterocycles. The molecule has 4 N–H and O–H groups in total. The Morgan fingerprint density at radius 1 is 1.30 bits per heavy atom. The molecule has 1 aromatic rings. The molecule has 20 heavy (non-hydrogen) atoms. The summed E-state index contributed by atoms with van der Waals surface area (Å²) in [7, 11) is 0. The molecular weight excluding hydrogens is 256 g/mol. The van der Waals surface area contributed by atoms with Gasteiger partial charge in [0, 0.05) is 18.5 Å². The first-order chi connectivity index (χ1) is 9.58. The number of nitrogens with two attached hydrogens (primary N) is 1. The first-order valence-corrected chi connectivity index (χ1v) is 6.92. The lowest BCUT2D eigenvalue weighted by Crippen LogP contribution is -2.32. The molecule has 1 aromatic carbocycles. The van der Waals surface area contributed by atoms with Crippen molar-refractivity contribution in [2.24, 2.45) is 11.7 Å². The van der Waals surface area contributed by atoms with Crippen molar-refractivity contribution >= 4 is 11.9 Å². The van der Waals surface area contributed by atoms with Crippen LogP contribution in [0.15, 0.2) is 24.3 Å². The van der Waals surface area contributed by atoms with E-state index in [1.807, 2.05) is 0 Å². The molecule has 5 heteroatoms. The minimum absolute atomic E-state index is 0.0136. The number of carbonyl (C=O) groups excluding carboxylic acids is 1. The molecule has 1 fully saturated rings. The van der Waals surface area contributed by atoms with Gasteiger partial charge in [0.15, 0.2) is 0 Å². The number of nitrogens with one attached hydrogen (secondary N) is 1. The number of carbonyl (C=O) groups is 2. The maximum atomic E-state index is 11.9. The lowest BCUT2D eigenvalue weighted by atomic mass is 10.0. The molecule has 0 aromatic heterocycles. The zero-order valence-electron chi connectivity index (χ0n) is 11.3. The van der Waals surface area contributed by atoms with E-state index in [1.165, 1.54) is 0 Å². The van der Waals surface area contributed by atoms with E-state index in [4.69, 9.17) is 10.8 Å². The van der Waals surface area contributed by atoms with Crippen LogP contribution in [0.1, 0.15) is 35.2 Å². The fourth-order valence-electron chi connectivity index (χ4n) is 2.67. The average molecular weight is 276 g/mol. The van der Waals surface area contributed by atoms with Crippen molar-refractivity contribution in [2.75, 3.05) is 6.54 Å². The Labute approximate surface area is 118 Å². The van der Waals surface area contributed by atoms with Gasteiger partial charge in [-0.2, -0.15) is 0 Å². The summed E-state index contributed by atoms with van der Waals surface area (Å²) >= 11 is 0. The van der Waals surface area contributed by atoms with Crippen molar-refractivity contribution in [3.05, 3.63) is 35.4 Å². The molecule has 2 unspecified atom stereocenters.